The van der Waals surface area contributed by atoms with Crippen LogP contribution in [0.2, 0.25) is 0 Å². The van der Waals surface area contributed by atoms with Crippen molar-refractivity contribution in [3.63, 3.8) is 0 Å². The fourth-order valence-corrected chi connectivity index (χ4v) is 10.9. The van der Waals surface area contributed by atoms with Gasteiger partial charge in [-0.25, -0.2) is 13.2 Å². The number of carbonyl (C=O) groups is 4. The first kappa shape index (κ1) is 39.2. The van der Waals surface area contributed by atoms with Crippen molar-refractivity contribution >= 4 is 44.7 Å². The van der Waals surface area contributed by atoms with Crippen LogP contribution in [0.25, 0.3) is 10.9 Å². The third-order valence-corrected chi connectivity index (χ3v) is 14.9. The van der Waals surface area contributed by atoms with Crippen LogP contribution < -0.4 is 25.5 Å². The molecule has 2 aliphatic heterocycles. The van der Waals surface area contributed by atoms with Crippen molar-refractivity contribution in [2.75, 3.05) is 6.54 Å². The number of nitrogens with one attached hydrogen (secondary N) is 4. The van der Waals surface area contributed by atoms with Gasteiger partial charge in [-0.2, -0.15) is 0 Å². The van der Waals surface area contributed by atoms with Crippen molar-refractivity contribution in [3.8, 4) is 5.88 Å². The number of aromatic nitrogens is 1. The molecule has 5 fully saturated rings. The maximum absolute atomic E-state index is 14.9. The summed E-state index contributed by atoms with van der Waals surface area (Å²) in [6, 6.07) is 5.05. The van der Waals surface area contributed by atoms with E-state index >= 15 is 0 Å². The fourth-order valence-electron chi connectivity index (χ4n) is 9.55. The molecule has 4 amide bonds. The second-order valence-corrected chi connectivity index (χ2v) is 18.8. The number of para-hydroxylation sites is 1. The van der Waals surface area contributed by atoms with E-state index < -0.39 is 68.7 Å². The number of fused-ring (bicyclic) bond motifs is 5. The molecule has 15 heteroatoms. The monoisotopic (exact) mass is 803 g/mol. The smallest absolute Gasteiger partial charge is 0.408 e. The molecule has 4 N–H and O–H groups in total. The first-order valence-electron chi connectivity index (χ1n) is 20.7. The lowest BCUT2D eigenvalue weighted by Crippen LogP contribution is -2.59. The number of allylic oxidation sites excluding steroid dienone is 2. The van der Waals surface area contributed by atoms with Gasteiger partial charge in [0, 0.05) is 17.7 Å². The van der Waals surface area contributed by atoms with E-state index in [-0.39, 0.29) is 48.6 Å². The van der Waals surface area contributed by atoms with Crippen molar-refractivity contribution in [2.45, 2.75) is 131 Å². The predicted molar refractivity (Wildman–Crippen MR) is 212 cm³/mol. The van der Waals surface area contributed by atoms with Crippen molar-refractivity contribution in [3.05, 3.63) is 64.9 Å². The molecule has 1 aromatic carbocycles. The van der Waals surface area contributed by atoms with E-state index in [9.17, 15) is 32.4 Å². The van der Waals surface area contributed by atoms with Crippen LogP contribution in [0.1, 0.15) is 95.5 Å². The van der Waals surface area contributed by atoms with E-state index in [1.807, 2.05) is 12.1 Å². The summed E-state index contributed by atoms with van der Waals surface area (Å²) in [5.41, 5.74) is -0.735. The largest absolute Gasteiger partial charge is 0.473 e. The number of nitrogens with zero attached hydrogens (tertiary/aromatic N) is 1. The van der Waals surface area contributed by atoms with Gasteiger partial charge in [0.25, 0.3) is 5.91 Å². The Kier molecular flexibility index (Phi) is 11.0. The molecule has 8 rings (SSSR count). The molecule has 4 saturated carbocycles. The van der Waals surface area contributed by atoms with Gasteiger partial charge in [-0.1, -0.05) is 43.2 Å². The zero-order chi connectivity index (χ0) is 39.9. The predicted octanol–water partition coefficient (Wildman–Crippen LogP) is 4.28. The standard InChI is InChI=1S/C42H53N5O9S/c1-2-27-23-42(27,40(51)46-57(53,54)29-20-21-29)45-37(49)33-22-28-24-47(33)39(50)35(26-13-7-8-14-26)44-41(52)56-34-19-11-15-25(34)12-5-3-4-6-17-31-36(48)30-16-9-10-18-32(30)43-38(31)55-28/h2,4,6,9-10,16,18,25-29,33-35H,1,3,5,7-8,11-15,17,19-24H2,(H,43,48)(H,44,52)(H,45,49)(H,46,51)/b6-4-/t25-,27-,28-,33+,34-,35+,42-/m1/s1. The molecule has 1 saturated heterocycles. The molecule has 4 aliphatic carbocycles. The van der Waals surface area contributed by atoms with Crippen LogP contribution in [-0.2, 0) is 35.6 Å². The van der Waals surface area contributed by atoms with E-state index in [1.165, 1.54) is 11.0 Å². The Morgan fingerprint density at radius 1 is 0.930 bits per heavy atom. The number of hydrogen-bond donors (Lipinski definition) is 4. The average Bonchev–Trinajstić information content (AvgIpc) is 3.98. The van der Waals surface area contributed by atoms with Crippen LogP contribution in [0.5, 0.6) is 5.88 Å². The molecule has 0 radical (unpaired) electrons. The topological polar surface area (TPSA) is 193 Å². The van der Waals surface area contributed by atoms with Crippen molar-refractivity contribution < 1.29 is 37.1 Å². The molecule has 306 valence electrons. The number of hydrogen-bond acceptors (Lipinski definition) is 9. The normalized spacial score (nSPS) is 31.7. The van der Waals surface area contributed by atoms with Gasteiger partial charge in [0.15, 0.2) is 11.3 Å². The van der Waals surface area contributed by atoms with Crippen molar-refractivity contribution in [2.24, 2.45) is 17.8 Å². The van der Waals surface area contributed by atoms with Crippen LogP contribution >= 0.6 is 0 Å². The molecule has 14 nitrogen and oxygen atoms in total. The summed E-state index contributed by atoms with van der Waals surface area (Å²) in [7, 11) is -3.91. The number of aromatic amines is 1. The van der Waals surface area contributed by atoms with Gasteiger partial charge in [-0.05, 0) is 101 Å². The Bertz CT molecular complexity index is 2130. The quantitative estimate of drug-likeness (QED) is 0.296. The Morgan fingerprint density at radius 2 is 1.68 bits per heavy atom. The number of carbonyl (C=O) groups excluding carboxylic acids is 4. The molecule has 1 aromatic heterocycles. The van der Waals surface area contributed by atoms with Gasteiger partial charge in [-0.3, -0.25) is 23.9 Å². The maximum Gasteiger partial charge on any atom is 0.408 e. The first-order chi connectivity index (χ1) is 27.5. The summed E-state index contributed by atoms with van der Waals surface area (Å²) in [5, 5.41) is 5.64. The SMILES string of the molecule is C=C[C@@H]1C[C@]1(NC(=O)[C@@H]1C[C@@H]2CN1C(=O)[C@H](C1CCCC1)NC(=O)O[C@@H]1CCC[C@H]1CCC/C=C\Cc1c([nH]c3ccccc3c1=O)O2)C(=O)NS(=O)(=O)C1CC1. The number of rotatable bonds is 7. The van der Waals surface area contributed by atoms with Crippen LogP contribution in [-0.4, -0.2) is 83.7 Å². The average molecular weight is 804 g/mol. The fraction of sp³-hybridized carbons (Fsp3) is 0.595. The van der Waals surface area contributed by atoms with Crippen LogP contribution in [0.3, 0.4) is 0 Å². The number of amides is 4. The van der Waals surface area contributed by atoms with E-state index in [1.54, 1.807) is 18.2 Å². The van der Waals surface area contributed by atoms with Gasteiger partial charge in [0.1, 0.15) is 29.8 Å². The highest BCUT2D eigenvalue weighted by Crippen LogP contribution is 2.46. The molecule has 6 aliphatic rings. The minimum absolute atomic E-state index is 0.00409. The van der Waals surface area contributed by atoms with Crippen molar-refractivity contribution in [1.82, 2.24) is 25.2 Å². The van der Waals surface area contributed by atoms with Gasteiger partial charge in [-0.15, -0.1) is 6.58 Å². The molecule has 0 unspecified atom stereocenters. The molecule has 3 heterocycles. The van der Waals surface area contributed by atoms with Gasteiger partial charge in [0.05, 0.1) is 22.9 Å². The number of ether oxygens (including phenoxy) is 2. The Labute approximate surface area is 332 Å². The van der Waals surface area contributed by atoms with Gasteiger partial charge < -0.3 is 30.0 Å². The highest BCUT2D eigenvalue weighted by molar-refractivity contribution is 7.91. The Morgan fingerprint density at radius 3 is 2.44 bits per heavy atom. The summed E-state index contributed by atoms with van der Waals surface area (Å²) >= 11 is 0. The number of pyridine rings is 1. The molecular formula is C42H53N5O9S. The molecule has 2 aromatic rings. The van der Waals surface area contributed by atoms with E-state index in [0.717, 1.165) is 51.4 Å². The minimum atomic E-state index is -3.91. The third kappa shape index (κ3) is 8.08. The van der Waals surface area contributed by atoms with E-state index in [4.69, 9.17) is 9.47 Å². The third-order valence-electron chi connectivity index (χ3n) is 13.0. The zero-order valence-electron chi connectivity index (χ0n) is 32.2. The van der Waals surface area contributed by atoms with Crippen molar-refractivity contribution in [1.29, 1.82) is 0 Å². The number of benzene rings is 1. The molecule has 2 bridgehead atoms. The lowest BCUT2D eigenvalue weighted by molar-refractivity contribution is -0.142. The van der Waals surface area contributed by atoms with E-state index in [2.05, 4.69) is 33.0 Å². The summed E-state index contributed by atoms with van der Waals surface area (Å²) in [4.78, 5) is 75.3. The Balaban J connectivity index is 1.14. The molecule has 7 atom stereocenters. The summed E-state index contributed by atoms with van der Waals surface area (Å²) < 4.78 is 40.4. The maximum atomic E-state index is 14.9. The number of H-pyrrole nitrogens is 1. The zero-order valence-corrected chi connectivity index (χ0v) is 33.0. The van der Waals surface area contributed by atoms with Crippen LogP contribution in [0, 0.1) is 17.8 Å². The lowest BCUT2D eigenvalue weighted by atomic mass is 9.96. The first-order valence-corrected chi connectivity index (χ1v) is 22.3. The lowest BCUT2D eigenvalue weighted by Gasteiger charge is -2.32. The molecule has 57 heavy (non-hydrogen) atoms. The Hall–Kier alpha value is -4.66. The summed E-state index contributed by atoms with van der Waals surface area (Å²) in [5.74, 6) is -2.22. The second kappa shape index (κ2) is 15.9. The minimum Gasteiger partial charge on any atom is -0.473 e. The summed E-state index contributed by atoms with van der Waals surface area (Å²) in [6.45, 7) is 3.75. The van der Waals surface area contributed by atoms with Gasteiger partial charge in [0.2, 0.25) is 21.8 Å². The van der Waals surface area contributed by atoms with Gasteiger partial charge >= 0.3 is 6.09 Å². The number of alkyl carbamates (subject to hydrolysis) is 1. The summed E-state index contributed by atoms with van der Waals surface area (Å²) in [6.07, 6.45) is 13.6. The molecular weight excluding hydrogens is 751 g/mol. The molecule has 0 spiro atoms. The highest BCUT2D eigenvalue weighted by atomic mass is 32.2. The van der Waals surface area contributed by atoms with E-state index in [0.29, 0.717) is 48.6 Å². The highest BCUT2D eigenvalue weighted by Gasteiger charge is 2.62. The van der Waals surface area contributed by atoms with Crippen LogP contribution in [0.4, 0.5) is 4.79 Å². The number of sulfonamides is 1. The second-order valence-electron chi connectivity index (χ2n) is 16.9. The van der Waals surface area contributed by atoms with Crippen LogP contribution in [0.15, 0.2) is 53.9 Å².